The molecule has 0 radical (unpaired) electrons. The number of carbonyl (C=O) groups is 1. The summed E-state index contributed by atoms with van der Waals surface area (Å²) < 4.78 is 0. The van der Waals surface area contributed by atoms with Crippen molar-refractivity contribution in [1.29, 1.82) is 0 Å². The van der Waals surface area contributed by atoms with Crippen molar-refractivity contribution in [2.24, 2.45) is 0 Å². The average Bonchev–Trinajstić information content (AvgIpc) is 2.40. The van der Waals surface area contributed by atoms with Crippen LogP contribution in [-0.2, 0) is 0 Å². The van der Waals surface area contributed by atoms with Crippen LogP contribution < -0.4 is 10.6 Å². The highest BCUT2D eigenvalue weighted by Gasteiger charge is 2.12. The lowest BCUT2D eigenvalue weighted by Crippen LogP contribution is -2.15. The summed E-state index contributed by atoms with van der Waals surface area (Å²) in [6, 6.07) is 5.06. The number of nitrogens with zero attached hydrogens (tertiary/aromatic N) is 2. The number of anilines is 2. The van der Waals surface area contributed by atoms with Crippen molar-refractivity contribution in [3.8, 4) is 0 Å². The van der Waals surface area contributed by atoms with Crippen LogP contribution in [0.3, 0.4) is 0 Å². The van der Waals surface area contributed by atoms with Gasteiger partial charge in [0, 0.05) is 30.2 Å². The predicted molar refractivity (Wildman–Crippen MR) is 71.0 cm³/mol. The molecule has 92 valence electrons. The van der Waals surface area contributed by atoms with Crippen LogP contribution in [0.25, 0.3) is 0 Å². The van der Waals surface area contributed by atoms with Gasteiger partial charge in [0.1, 0.15) is 0 Å². The Morgan fingerprint density at radius 3 is 2.83 bits per heavy atom. The number of halogens is 1. The van der Waals surface area contributed by atoms with Crippen molar-refractivity contribution in [2.45, 2.75) is 0 Å². The van der Waals surface area contributed by atoms with Crippen LogP contribution in [0.2, 0.25) is 5.02 Å². The molecule has 0 saturated carbocycles. The molecular formula is C12H11ClN4O. The Kier molecular flexibility index (Phi) is 3.74. The molecule has 2 rings (SSSR count). The zero-order chi connectivity index (χ0) is 13.0. The predicted octanol–water partition coefficient (Wildman–Crippen LogP) is 2.42. The zero-order valence-corrected chi connectivity index (χ0v) is 10.4. The van der Waals surface area contributed by atoms with Gasteiger partial charge in [-0.3, -0.25) is 9.78 Å². The topological polar surface area (TPSA) is 66.9 Å². The quantitative estimate of drug-likeness (QED) is 0.892. The van der Waals surface area contributed by atoms with Crippen LogP contribution in [0.1, 0.15) is 10.4 Å². The zero-order valence-electron chi connectivity index (χ0n) is 9.64. The minimum Gasteiger partial charge on any atom is -0.387 e. The van der Waals surface area contributed by atoms with E-state index in [4.69, 9.17) is 11.6 Å². The third-order valence-electron chi connectivity index (χ3n) is 2.30. The number of amides is 1. The molecule has 0 unspecified atom stereocenters. The van der Waals surface area contributed by atoms with E-state index in [9.17, 15) is 4.79 Å². The molecule has 0 aliphatic carbocycles. The standard InChI is InChI=1S/C12H11ClN4O/c1-14-10-3-2-8(13)6-9(10)12(18)17-11-7-15-4-5-16-11/h2-7,14H,1H3,(H,16,17,18). The van der Waals surface area contributed by atoms with Gasteiger partial charge in [0.2, 0.25) is 0 Å². The number of nitrogens with one attached hydrogen (secondary N) is 2. The third kappa shape index (κ3) is 2.75. The smallest absolute Gasteiger partial charge is 0.259 e. The van der Waals surface area contributed by atoms with Gasteiger partial charge in [-0.15, -0.1) is 0 Å². The van der Waals surface area contributed by atoms with E-state index < -0.39 is 0 Å². The summed E-state index contributed by atoms with van der Waals surface area (Å²) in [4.78, 5) is 19.9. The Morgan fingerprint density at radius 1 is 1.33 bits per heavy atom. The van der Waals surface area contributed by atoms with Crippen LogP contribution in [-0.4, -0.2) is 22.9 Å². The fraction of sp³-hybridized carbons (Fsp3) is 0.0833. The first kappa shape index (κ1) is 12.3. The normalized spacial score (nSPS) is 9.89. The summed E-state index contributed by atoms with van der Waals surface area (Å²) in [6.45, 7) is 0. The van der Waals surface area contributed by atoms with Gasteiger partial charge in [0.25, 0.3) is 5.91 Å². The third-order valence-corrected chi connectivity index (χ3v) is 2.54. The molecule has 1 aromatic carbocycles. The van der Waals surface area contributed by atoms with Crippen LogP contribution >= 0.6 is 11.6 Å². The van der Waals surface area contributed by atoms with Gasteiger partial charge in [-0.05, 0) is 18.2 Å². The van der Waals surface area contributed by atoms with E-state index in [1.165, 1.54) is 18.6 Å². The fourth-order valence-corrected chi connectivity index (χ4v) is 1.64. The van der Waals surface area contributed by atoms with E-state index in [0.29, 0.717) is 22.1 Å². The Balaban J connectivity index is 2.26. The van der Waals surface area contributed by atoms with Crippen molar-refractivity contribution in [1.82, 2.24) is 9.97 Å². The molecule has 0 fully saturated rings. The van der Waals surface area contributed by atoms with Crippen LogP contribution in [0.5, 0.6) is 0 Å². The molecule has 1 aromatic heterocycles. The van der Waals surface area contributed by atoms with E-state index in [0.717, 1.165) is 0 Å². The minimum atomic E-state index is -0.289. The molecule has 1 amide bonds. The summed E-state index contributed by atoms with van der Waals surface area (Å²) in [5.74, 6) is 0.104. The molecular weight excluding hydrogens is 252 g/mol. The number of hydrogen-bond donors (Lipinski definition) is 2. The second-order valence-electron chi connectivity index (χ2n) is 3.48. The Hall–Kier alpha value is -2.14. The highest BCUT2D eigenvalue weighted by atomic mass is 35.5. The Morgan fingerprint density at radius 2 is 2.17 bits per heavy atom. The maximum atomic E-state index is 12.1. The van der Waals surface area contributed by atoms with E-state index in [2.05, 4.69) is 20.6 Å². The van der Waals surface area contributed by atoms with Gasteiger partial charge < -0.3 is 10.6 Å². The van der Waals surface area contributed by atoms with Crippen LogP contribution in [0.15, 0.2) is 36.8 Å². The summed E-state index contributed by atoms with van der Waals surface area (Å²) in [7, 11) is 1.74. The number of hydrogen-bond acceptors (Lipinski definition) is 4. The SMILES string of the molecule is CNc1ccc(Cl)cc1C(=O)Nc1cnccn1. The molecule has 5 nitrogen and oxygen atoms in total. The van der Waals surface area contributed by atoms with Crippen molar-refractivity contribution < 1.29 is 4.79 Å². The second-order valence-corrected chi connectivity index (χ2v) is 3.92. The molecule has 0 atom stereocenters. The first-order valence-corrected chi connectivity index (χ1v) is 5.63. The van der Waals surface area contributed by atoms with Gasteiger partial charge in [0.05, 0.1) is 11.8 Å². The number of carbonyl (C=O) groups excluding carboxylic acids is 1. The highest BCUT2D eigenvalue weighted by molar-refractivity contribution is 6.31. The van der Waals surface area contributed by atoms with Gasteiger partial charge in [-0.25, -0.2) is 4.98 Å². The largest absolute Gasteiger partial charge is 0.387 e. The summed E-state index contributed by atoms with van der Waals surface area (Å²) >= 11 is 5.89. The van der Waals surface area contributed by atoms with E-state index >= 15 is 0 Å². The molecule has 2 N–H and O–H groups in total. The number of aromatic nitrogens is 2. The van der Waals surface area contributed by atoms with Crippen molar-refractivity contribution >= 4 is 29.0 Å². The van der Waals surface area contributed by atoms with Crippen molar-refractivity contribution in [2.75, 3.05) is 17.7 Å². The first-order chi connectivity index (χ1) is 8.70. The summed E-state index contributed by atoms with van der Waals surface area (Å²) in [6.07, 6.45) is 4.52. The lowest BCUT2D eigenvalue weighted by molar-refractivity contribution is 0.102. The lowest BCUT2D eigenvalue weighted by Gasteiger charge is -2.09. The van der Waals surface area contributed by atoms with Gasteiger partial charge in [0.15, 0.2) is 5.82 Å². The molecule has 2 aromatic rings. The summed E-state index contributed by atoms with van der Waals surface area (Å²) in [5.41, 5.74) is 1.15. The lowest BCUT2D eigenvalue weighted by atomic mass is 10.1. The molecule has 0 bridgehead atoms. The van der Waals surface area contributed by atoms with E-state index in [1.54, 1.807) is 25.2 Å². The molecule has 18 heavy (non-hydrogen) atoms. The first-order valence-electron chi connectivity index (χ1n) is 5.25. The molecule has 1 heterocycles. The van der Waals surface area contributed by atoms with Crippen molar-refractivity contribution in [3.63, 3.8) is 0 Å². The van der Waals surface area contributed by atoms with Crippen LogP contribution in [0, 0.1) is 0 Å². The average molecular weight is 263 g/mol. The molecule has 6 heteroatoms. The minimum absolute atomic E-state index is 0.289. The summed E-state index contributed by atoms with van der Waals surface area (Å²) in [5, 5.41) is 6.08. The molecule has 0 saturated heterocycles. The maximum Gasteiger partial charge on any atom is 0.259 e. The number of benzene rings is 1. The van der Waals surface area contributed by atoms with Gasteiger partial charge in [-0.1, -0.05) is 11.6 Å². The van der Waals surface area contributed by atoms with Gasteiger partial charge >= 0.3 is 0 Å². The van der Waals surface area contributed by atoms with E-state index in [1.807, 2.05) is 0 Å². The number of rotatable bonds is 3. The highest BCUT2D eigenvalue weighted by Crippen LogP contribution is 2.21. The van der Waals surface area contributed by atoms with Crippen LogP contribution in [0.4, 0.5) is 11.5 Å². The molecule has 0 spiro atoms. The Labute approximate surface area is 109 Å². The molecule has 0 aliphatic heterocycles. The Bertz CT molecular complexity index is 559. The maximum absolute atomic E-state index is 12.1. The van der Waals surface area contributed by atoms with E-state index in [-0.39, 0.29) is 5.91 Å². The molecule has 0 aliphatic rings. The fourth-order valence-electron chi connectivity index (χ4n) is 1.47. The van der Waals surface area contributed by atoms with Crippen molar-refractivity contribution in [3.05, 3.63) is 47.4 Å². The second kappa shape index (κ2) is 5.46. The monoisotopic (exact) mass is 262 g/mol. The van der Waals surface area contributed by atoms with Gasteiger partial charge in [-0.2, -0.15) is 0 Å².